The first-order valence-corrected chi connectivity index (χ1v) is 7.84. The highest BCUT2D eigenvalue weighted by atomic mass is 35.5. The van der Waals surface area contributed by atoms with Crippen molar-refractivity contribution in [3.63, 3.8) is 0 Å². The molecular weight excluding hydrogens is 312 g/mol. The summed E-state index contributed by atoms with van der Waals surface area (Å²) in [4.78, 5) is 11.2. The van der Waals surface area contributed by atoms with Crippen molar-refractivity contribution in [1.29, 1.82) is 0 Å². The number of carbonyl (C=O) groups is 1. The number of nitrogens with one attached hydrogen (secondary N) is 1. The lowest BCUT2D eigenvalue weighted by molar-refractivity contribution is 0.100. The molecule has 0 fully saturated rings. The fourth-order valence-corrected chi connectivity index (χ4v) is 2.97. The Labute approximate surface area is 127 Å². The van der Waals surface area contributed by atoms with Crippen molar-refractivity contribution in [2.45, 2.75) is 11.8 Å². The van der Waals surface area contributed by atoms with Gasteiger partial charge in [0.05, 0.1) is 15.6 Å². The predicted octanol–water partition coefficient (Wildman–Crippen LogP) is 2.55. The second-order valence-corrected chi connectivity index (χ2v) is 6.57. The minimum atomic E-state index is -3.78. The number of benzene rings is 2. The van der Waals surface area contributed by atoms with Crippen LogP contribution in [0.4, 0.5) is 5.69 Å². The molecule has 2 aromatic carbocycles. The smallest absolute Gasteiger partial charge is 0.261 e. The van der Waals surface area contributed by atoms with Crippen molar-refractivity contribution in [2.75, 3.05) is 4.72 Å². The highest BCUT2D eigenvalue weighted by Gasteiger charge is 2.16. The second kappa shape index (κ2) is 5.75. The van der Waals surface area contributed by atoms with Gasteiger partial charge < -0.3 is 5.73 Å². The van der Waals surface area contributed by atoms with Gasteiger partial charge in [0.25, 0.3) is 10.0 Å². The van der Waals surface area contributed by atoms with Crippen molar-refractivity contribution < 1.29 is 13.2 Å². The maximum atomic E-state index is 12.3. The molecule has 0 aliphatic heterocycles. The maximum Gasteiger partial charge on any atom is 0.261 e. The fourth-order valence-electron chi connectivity index (χ4n) is 1.68. The zero-order chi connectivity index (χ0) is 15.6. The van der Waals surface area contributed by atoms with Crippen molar-refractivity contribution in [3.05, 3.63) is 58.6 Å². The van der Waals surface area contributed by atoms with Gasteiger partial charge in [0.2, 0.25) is 5.91 Å². The van der Waals surface area contributed by atoms with Crippen LogP contribution in [0.5, 0.6) is 0 Å². The van der Waals surface area contributed by atoms with Gasteiger partial charge in [0.1, 0.15) is 0 Å². The molecule has 0 unspecified atom stereocenters. The van der Waals surface area contributed by atoms with Crippen LogP contribution in [0.15, 0.2) is 47.4 Å². The number of anilines is 1. The number of rotatable bonds is 4. The van der Waals surface area contributed by atoms with E-state index in [9.17, 15) is 13.2 Å². The molecular formula is C14H13ClN2O3S. The molecule has 1 amide bonds. The lowest BCUT2D eigenvalue weighted by atomic mass is 10.2. The van der Waals surface area contributed by atoms with Crippen LogP contribution in [-0.2, 0) is 10.0 Å². The highest BCUT2D eigenvalue weighted by molar-refractivity contribution is 7.92. The van der Waals surface area contributed by atoms with Gasteiger partial charge >= 0.3 is 0 Å². The Bertz CT molecular complexity index is 786. The molecule has 0 spiro atoms. The quantitative estimate of drug-likeness (QED) is 0.905. The molecule has 21 heavy (non-hydrogen) atoms. The van der Waals surface area contributed by atoms with Crippen LogP contribution in [0, 0.1) is 6.92 Å². The molecule has 0 radical (unpaired) electrons. The second-order valence-electron chi connectivity index (χ2n) is 4.48. The number of amides is 1. The highest BCUT2D eigenvalue weighted by Crippen LogP contribution is 2.25. The topological polar surface area (TPSA) is 89.3 Å². The van der Waals surface area contributed by atoms with E-state index < -0.39 is 15.9 Å². The van der Waals surface area contributed by atoms with Gasteiger partial charge in [-0.15, -0.1) is 0 Å². The summed E-state index contributed by atoms with van der Waals surface area (Å²) in [6.45, 7) is 1.86. The zero-order valence-electron chi connectivity index (χ0n) is 11.1. The first kappa shape index (κ1) is 15.3. The van der Waals surface area contributed by atoms with Gasteiger partial charge in [-0.3, -0.25) is 9.52 Å². The van der Waals surface area contributed by atoms with Gasteiger partial charge in [-0.2, -0.15) is 0 Å². The number of nitrogens with two attached hydrogens (primary N) is 1. The van der Waals surface area contributed by atoms with Crippen LogP contribution in [0.25, 0.3) is 0 Å². The van der Waals surface area contributed by atoms with E-state index in [0.717, 1.165) is 5.56 Å². The number of hydrogen-bond acceptors (Lipinski definition) is 3. The average Bonchev–Trinajstić information content (AvgIpc) is 2.41. The summed E-state index contributed by atoms with van der Waals surface area (Å²) in [5.74, 6) is -0.664. The normalized spacial score (nSPS) is 11.1. The molecule has 0 bridgehead atoms. The SMILES string of the molecule is Cc1ccc(S(=O)(=O)Nc2cc(C(N)=O)ccc2Cl)cc1. The van der Waals surface area contributed by atoms with Gasteiger partial charge in [0, 0.05) is 5.56 Å². The van der Waals surface area contributed by atoms with Crippen LogP contribution in [0.2, 0.25) is 5.02 Å². The number of hydrogen-bond donors (Lipinski definition) is 2. The zero-order valence-corrected chi connectivity index (χ0v) is 12.7. The van der Waals surface area contributed by atoms with E-state index in [1.54, 1.807) is 12.1 Å². The minimum Gasteiger partial charge on any atom is -0.366 e. The van der Waals surface area contributed by atoms with E-state index in [1.165, 1.54) is 30.3 Å². The standard InChI is InChI=1S/C14H13ClN2O3S/c1-9-2-5-11(6-3-9)21(19,20)17-13-8-10(14(16)18)4-7-12(13)15/h2-8,17H,1H3,(H2,16,18). The number of primary amides is 1. The third-order valence-electron chi connectivity index (χ3n) is 2.83. The molecule has 0 aliphatic carbocycles. The van der Waals surface area contributed by atoms with Crippen LogP contribution in [-0.4, -0.2) is 14.3 Å². The lowest BCUT2D eigenvalue weighted by Gasteiger charge is -2.10. The van der Waals surface area contributed by atoms with E-state index in [4.69, 9.17) is 17.3 Å². The Kier molecular flexibility index (Phi) is 4.20. The molecule has 0 atom stereocenters. The minimum absolute atomic E-state index is 0.105. The van der Waals surface area contributed by atoms with Crippen molar-refractivity contribution in [1.82, 2.24) is 0 Å². The van der Waals surface area contributed by atoms with E-state index in [-0.39, 0.29) is 21.2 Å². The molecule has 3 N–H and O–H groups in total. The van der Waals surface area contributed by atoms with Crippen LogP contribution >= 0.6 is 11.6 Å². The molecule has 110 valence electrons. The number of carbonyl (C=O) groups excluding carboxylic acids is 1. The van der Waals surface area contributed by atoms with Crippen molar-refractivity contribution in [3.8, 4) is 0 Å². The molecule has 2 rings (SSSR count). The summed E-state index contributed by atoms with van der Waals surface area (Å²) in [7, 11) is -3.78. The molecule has 0 aliphatic rings. The van der Waals surface area contributed by atoms with Crippen LogP contribution in [0.3, 0.4) is 0 Å². The van der Waals surface area contributed by atoms with Gasteiger partial charge in [-0.05, 0) is 37.3 Å². The Morgan fingerprint density at radius 3 is 2.33 bits per heavy atom. The molecule has 0 saturated heterocycles. The summed E-state index contributed by atoms with van der Waals surface area (Å²) in [5.41, 5.74) is 6.38. The first-order valence-electron chi connectivity index (χ1n) is 5.98. The summed E-state index contributed by atoms with van der Waals surface area (Å²) >= 11 is 5.94. The maximum absolute atomic E-state index is 12.3. The van der Waals surface area contributed by atoms with Crippen molar-refractivity contribution >= 4 is 33.2 Å². The summed E-state index contributed by atoms with van der Waals surface area (Å²) in [5, 5.41) is 0.177. The Morgan fingerprint density at radius 2 is 1.76 bits per heavy atom. The number of aryl methyl sites for hydroxylation is 1. The summed E-state index contributed by atoms with van der Waals surface area (Å²) in [6.07, 6.45) is 0. The molecule has 0 aromatic heterocycles. The van der Waals surface area contributed by atoms with Gasteiger partial charge in [-0.1, -0.05) is 29.3 Å². The third kappa shape index (κ3) is 3.53. The van der Waals surface area contributed by atoms with Gasteiger partial charge in [-0.25, -0.2) is 8.42 Å². The Morgan fingerprint density at radius 1 is 1.14 bits per heavy atom. The summed E-state index contributed by atoms with van der Waals surface area (Å²) < 4.78 is 26.9. The molecule has 0 saturated carbocycles. The summed E-state index contributed by atoms with van der Waals surface area (Å²) in [6, 6.07) is 10.5. The molecule has 5 nitrogen and oxygen atoms in total. The molecule has 2 aromatic rings. The van der Waals surface area contributed by atoms with E-state index in [0.29, 0.717) is 0 Å². The van der Waals surface area contributed by atoms with E-state index in [1.807, 2.05) is 6.92 Å². The first-order chi connectivity index (χ1) is 9.79. The Hall–Kier alpha value is -2.05. The van der Waals surface area contributed by atoms with E-state index in [2.05, 4.69) is 4.72 Å². The van der Waals surface area contributed by atoms with Crippen molar-refractivity contribution in [2.24, 2.45) is 5.73 Å². The predicted molar refractivity (Wildman–Crippen MR) is 82.0 cm³/mol. The van der Waals surface area contributed by atoms with E-state index >= 15 is 0 Å². The van der Waals surface area contributed by atoms with Crippen LogP contribution in [0.1, 0.15) is 15.9 Å². The third-order valence-corrected chi connectivity index (χ3v) is 4.54. The van der Waals surface area contributed by atoms with Crippen LogP contribution < -0.4 is 10.5 Å². The fraction of sp³-hybridized carbons (Fsp3) is 0.0714. The average molecular weight is 325 g/mol. The molecule has 7 heteroatoms. The Balaban J connectivity index is 2.38. The number of sulfonamides is 1. The molecule has 0 heterocycles. The van der Waals surface area contributed by atoms with Gasteiger partial charge in [0.15, 0.2) is 0 Å². The monoisotopic (exact) mass is 324 g/mol. The lowest BCUT2D eigenvalue weighted by Crippen LogP contribution is -2.15. The largest absolute Gasteiger partial charge is 0.366 e. The number of halogens is 1.